The molecule has 0 spiro atoms. The van der Waals surface area contributed by atoms with Gasteiger partial charge in [-0.05, 0) is 30.3 Å². The molecular formula is C23H29F3N2O5S2. The molecule has 2 rings (SSSR count). The van der Waals surface area contributed by atoms with Crippen molar-refractivity contribution in [3.8, 4) is 11.5 Å². The van der Waals surface area contributed by atoms with Crippen LogP contribution in [0, 0.1) is 0 Å². The van der Waals surface area contributed by atoms with E-state index in [-0.39, 0.29) is 33.4 Å². The van der Waals surface area contributed by atoms with E-state index < -0.39 is 34.2 Å². The molecule has 1 N–H and O–H groups in total. The van der Waals surface area contributed by atoms with Crippen LogP contribution in [0.3, 0.4) is 0 Å². The molecule has 2 aromatic carbocycles. The molecule has 0 heterocycles. The summed E-state index contributed by atoms with van der Waals surface area (Å²) in [5.74, 6) is 0.315. The quantitative estimate of drug-likeness (QED) is 0.450. The Balaban J connectivity index is 2.43. The number of rotatable bonds is 10. The zero-order valence-corrected chi connectivity index (χ0v) is 21.7. The average molecular weight is 535 g/mol. The van der Waals surface area contributed by atoms with E-state index in [9.17, 15) is 26.4 Å². The predicted octanol–water partition coefficient (Wildman–Crippen LogP) is 4.57. The summed E-state index contributed by atoms with van der Waals surface area (Å²) in [6.45, 7) is 5.62. The first-order valence-electron chi connectivity index (χ1n) is 10.5. The highest BCUT2D eigenvalue weighted by atomic mass is 32.2. The molecular weight excluding hydrogens is 505 g/mol. The van der Waals surface area contributed by atoms with E-state index in [1.807, 2.05) is 20.8 Å². The number of amides is 1. The van der Waals surface area contributed by atoms with E-state index in [2.05, 4.69) is 5.32 Å². The number of halogens is 3. The lowest BCUT2D eigenvalue weighted by molar-refractivity contribution is -0.137. The van der Waals surface area contributed by atoms with Crippen molar-refractivity contribution in [3.63, 3.8) is 0 Å². The zero-order chi connectivity index (χ0) is 26.4. The molecule has 0 aliphatic heterocycles. The van der Waals surface area contributed by atoms with Crippen molar-refractivity contribution in [1.29, 1.82) is 0 Å². The Labute approximate surface area is 208 Å². The number of carbonyl (C=O) groups is 1. The number of hydrogen-bond acceptors (Lipinski definition) is 6. The molecule has 0 saturated heterocycles. The van der Waals surface area contributed by atoms with E-state index in [4.69, 9.17) is 9.47 Å². The number of alkyl halides is 3. The van der Waals surface area contributed by atoms with E-state index in [0.717, 1.165) is 12.1 Å². The van der Waals surface area contributed by atoms with Gasteiger partial charge in [0.05, 0.1) is 30.4 Å². The van der Waals surface area contributed by atoms with Crippen LogP contribution in [0.25, 0.3) is 0 Å². The van der Waals surface area contributed by atoms with Gasteiger partial charge in [-0.15, -0.1) is 0 Å². The van der Waals surface area contributed by atoms with Crippen LogP contribution in [0.2, 0.25) is 0 Å². The van der Waals surface area contributed by atoms with Crippen molar-refractivity contribution < 1.29 is 35.9 Å². The molecule has 0 aliphatic carbocycles. The van der Waals surface area contributed by atoms with E-state index in [1.165, 1.54) is 38.5 Å². The first kappa shape index (κ1) is 28.6. The molecule has 0 radical (unpaired) electrons. The first-order valence-corrected chi connectivity index (χ1v) is 12.9. The number of nitrogens with zero attached hydrogens (tertiary/aromatic N) is 1. The maximum atomic E-state index is 13.5. The van der Waals surface area contributed by atoms with Crippen LogP contribution in [-0.4, -0.2) is 52.1 Å². The van der Waals surface area contributed by atoms with Crippen LogP contribution in [0.5, 0.6) is 11.5 Å². The second kappa shape index (κ2) is 11.4. The lowest BCUT2D eigenvalue weighted by Crippen LogP contribution is -2.41. The largest absolute Gasteiger partial charge is 0.493 e. The number of sulfonamides is 1. The minimum atomic E-state index is -4.69. The number of thioether (sulfide) groups is 1. The second-order valence-electron chi connectivity index (χ2n) is 8.39. The molecule has 12 heteroatoms. The highest BCUT2D eigenvalue weighted by Gasteiger charge is 2.33. The third-order valence-electron chi connectivity index (χ3n) is 4.65. The van der Waals surface area contributed by atoms with Gasteiger partial charge in [0.15, 0.2) is 11.5 Å². The summed E-state index contributed by atoms with van der Waals surface area (Å²) in [5.41, 5.74) is -1.33. The highest BCUT2D eigenvalue weighted by molar-refractivity contribution is 8.00. The maximum Gasteiger partial charge on any atom is 0.416 e. The summed E-state index contributed by atoms with van der Waals surface area (Å²) in [7, 11) is -1.76. The van der Waals surface area contributed by atoms with Crippen LogP contribution in [0.4, 0.5) is 18.9 Å². The van der Waals surface area contributed by atoms with Gasteiger partial charge < -0.3 is 14.8 Å². The Kier molecular flexibility index (Phi) is 9.35. The maximum absolute atomic E-state index is 13.5. The molecule has 1 amide bonds. The third kappa shape index (κ3) is 7.96. The normalized spacial score (nSPS) is 12.2. The molecule has 0 aliphatic rings. The fourth-order valence-electron chi connectivity index (χ4n) is 2.99. The van der Waals surface area contributed by atoms with E-state index >= 15 is 0 Å². The Hall–Kier alpha value is -2.60. The predicted molar refractivity (Wildman–Crippen MR) is 131 cm³/mol. The standard InChI is InChI=1S/C23H29F3N2O5S2/c1-22(2,3)34-12-11-27-21(29)15-28(17-8-6-7-16(13-17)23(24,25)26)35(30,31)18-9-10-19(32-4)20(14-18)33-5/h6-10,13-14H,11-12,15H2,1-5H3,(H,27,29). The summed E-state index contributed by atoms with van der Waals surface area (Å²) in [6, 6.07) is 7.60. The SMILES string of the molecule is COc1ccc(S(=O)(=O)N(CC(=O)NCCSC(C)(C)C)c2cccc(C(F)(F)F)c2)cc1OC. The molecule has 2 aromatic rings. The van der Waals surface area contributed by atoms with Crippen molar-refractivity contribution in [3.05, 3.63) is 48.0 Å². The minimum Gasteiger partial charge on any atom is -0.493 e. The average Bonchev–Trinajstić information content (AvgIpc) is 2.78. The molecule has 35 heavy (non-hydrogen) atoms. The monoisotopic (exact) mass is 534 g/mol. The number of benzene rings is 2. The molecule has 0 saturated carbocycles. The van der Waals surface area contributed by atoms with Gasteiger partial charge in [-0.2, -0.15) is 24.9 Å². The topological polar surface area (TPSA) is 84.9 Å². The number of ether oxygens (including phenoxy) is 2. The number of nitrogens with one attached hydrogen (secondary N) is 1. The van der Waals surface area contributed by atoms with E-state index in [1.54, 1.807) is 11.8 Å². The van der Waals surface area contributed by atoms with Gasteiger partial charge >= 0.3 is 6.18 Å². The molecule has 0 unspecified atom stereocenters. The van der Waals surface area contributed by atoms with Gasteiger partial charge in [-0.3, -0.25) is 9.10 Å². The van der Waals surface area contributed by atoms with Gasteiger partial charge in [0.1, 0.15) is 6.54 Å². The van der Waals surface area contributed by atoms with Gasteiger partial charge in [0.2, 0.25) is 5.91 Å². The summed E-state index contributed by atoms with van der Waals surface area (Å²) < 4.78 is 77.9. The Morgan fingerprint density at radius 2 is 1.69 bits per heavy atom. The van der Waals surface area contributed by atoms with Gasteiger partial charge in [0.25, 0.3) is 10.0 Å². The van der Waals surface area contributed by atoms with Crippen LogP contribution in [0.15, 0.2) is 47.4 Å². The summed E-state index contributed by atoms with van der Waals surface area (Å²) >= 11 is 1.61. The van der Waals surface area contributed by atoms with Crippen LogP contribution in [0.1, 0.15) is 26.3 Å². The van der Waals surface area contributed by atoms with E-state index in [0.29, 0.717) is 16.1 Å². The van der Waals surface area contributed by atoms with Crippen LogP contribution >= 0.6 is 11.8 Å². The fraction of sp³-hybridized carbons (Fsp3) is 0.435. The number of methoxy groups -OCH3 is 2. The Morgan fingerprint density at radius 1 is 1.03 bits per heavy atom. The van der Waals surface area contributed by atoms with Crippen molar-refractivity contribution in [2.45, 2.75) is 36.6 Å². The molecule has 0 fully saturated rings. The molecule has 7 nitrogen and oxygen atoms in total. The number of anilines is 1. The minimum absolute atomic E-state index is 0.0223. The molecule has 0 atom stereocenters. The summed E-state index contributed by atoms with van der Waals surface area (Å²) in [5, 5.41) is 2.63. The first-order chi connectivity index (χ1) is 16.2. The smallest absolute Gasteiger partial charge is 0.416 e. The third-order valence-corrected chi connectivity index (χ3v) is 7.70. The Morgan fingerprint density at radius 3 is 2.26 bits per heavy atom. The van der Waals surface area contributed by atoms with Crippen molar-refractivity contribution in [2.75, 3.05) is 37.4 Å². The number of hydrogen-bond donors (Lipinski definition) is 1. The highest BCUT2D eigenvalue weighted by Crippen LogP contribution is 2.35. The fourth-order valence-corrected chi connectivity index (χ4v) is 5.24. The second-order valence-corrected chi connectivity index (χ2v) is 12.2. The summed E-state index contributed by atoms with van der Waals surface area (Å²) in [4.78, 5) is 12.4. The zero-order valence-electron chi connectivity index (χ0n) is 20.1. The number of carbonyl (C=O) groups excluding carboxylic acids is 1. The molecule has 0 aromatic heterocycles. The molecule has 194 valence electrons. The lowest BCUT2D eigenvalue weighted by atomic mass is 10.2. The van der Waals surface area contributed by atoms with Crippen LogP contribution in [-0.2, 0) is 21.0 Å². The summed E-state index contributed by atoms with van der Waals surface area (Å²) in [6.07, 6.45) is -4.69. The Bertz CT molecular complexity index is 1130. The van der Waals surface area contributed by atoms with Gasteiger partial charge in [0, 0.05) is 23.1 Å². The van der Waals surface area contributed by atoms with Gasteiger partial charge in [-0.1, -0.05) is 26.8 Å². The van der Waals surface area contributed by atoms with Crippen molar-refractivity contribution in [2.24, 2.45) is 0 Å². The van der Waals surface area contributed by atoms with Crippen LogP contribution < -0.4 is 19.1 Å². The lowest BCUT2D eigenvalue weighted by Gasteiger charge is -2.25. The van der Waals surface area contributed by atoms with Crippen molar-refractivity contribution in [1.82, 2.24) is 5.32 Å². The van der Waals surface area contributed by atoms with Gasteiger partial charge in [-0.25, -0.2) is 8.42 Å². The molecule has 0 bridgehead atoms. The van der Waals surface area contributed by atoms with Crippen molar-refractivity contribution >= 4 is 33.4 Å².